The SMILES string of the molecule is CC[C@@H](C)NCCc1ccccn1. The number of rotatable bonds is 5. The standard InChI is InChI=1S/C11H18N2/c1-3-10(2)12-9-7-11-6-4-5-8-13-11/h4-6,8,10,12H,3,7,9H2,1-2H3/t10-/m1/s1. The molecule has 0 saturated heterocycles. The molecule has 72 valence electrons. The van der Waals surface area contributed by atoms with Crippen molar-refractivity contribution in [1.82, 2.24) is 10.3 Å². The lowest BCUT2D eigenvalue weighted by atomic mass is 10.2. The van der Waals surface area contributed by atoms with Crippen LogP contribution in [0.15, 0.2) is 24.4 Å². The van der Waals surface area contributed by atoms with E-state index in [0.717, 1.165) is 13.0 Å². The molecule has 0 bridgehead atoms. The van der Waals surface area contributed by atoms with Gasteiger partial charge in [-0.15, -0.1) is 0 Å². The fourth-order valence-corrected chi connectivity index (χ4v) is 1.14. The van der Waals surface area contributed by atoms with Crippen LogP contribution in [0.1, 0.15) is 26.0 Å². The molecule has 0 aromatic carbocycles. The topological polar surface area (TPSA) is 24.9 Å². The summed E-state index contributed by atoms with van der Waals surface area (Å²) >= 11 is 0. The molecular weight excluding hydrogens is 160 g/mol. The van der Waals surface area contributed by atoms with Gasteiger partial charge in [-0.3, -0.25) is 4.98 Å². The van der Waals surface area contributed by atoms with Crippen LogP contribution >= 0.6 is 0 Å². The van der Waals surface area contributed by atoms with Gasteiger partial charge in [0.05, 0.1) is 0 Å². The predicted octanol–water partition coefficient (Wildman–Crippen LogP) is 2.01. The van der Waals surface area contributed by atoms with E-state index in [1.165, 1.54) is 12.1 Å². The van der Waals surface area contributed by atoms with Crippen molar-refractivity contribution in [3.05, 3.63) is 30.1 Å². The molecule has 0 unspecified atom stereocenters. The molecule has 1 aromatic rings. The Hall–Kier alpha value is -0.890. The molecule has 0 fully saturated rings. The van der Waals surface area contributed by atoms with Crippen LogP contribution in [0, 0.1) is 0 Å². The zero-order valence-corrected chi connectivity index (χ0v) is 8.46. The van der Waals surface area contributed by atoms with Gasteiger partial charge in [0.1, 0.15) is 0 Å². The molecule has 0 spiro atoms. The molecule has 0 aliphatic heterocycles. The van der Waals surface area contributed by atoms with Gasteiger partial charge in [0.15, 0.2) is 0 Å². The highest BCUT2D eigenvalue weighted by atomic mass is 14.9. The van der Waals surface area contributed by atoms with E-state index in [9.17, 15) is 0 Å². The highest BCUT2D eigenvalue weighted by molar-refractivity contribution is 5.03. The Bertz CT molecular complexity index is 221. The van der Waals surface area contributed by atoms with Crippen molar-refractivity contribution < 1.29 is 0 Å². The number of nitrogens with zero attached hydrogens (tertiary/aromatic N) is 1. The van der Waals surface area contributed by atoms with Gasteiger partial charge < -0.3 is 5.32 Å². The van der Waals surface area contributed by atoms with E-state index >= 15 is 0 Å². The Balaban J connectivity index is 2.20. The van der Waals surface area contributed by atoms with Crippen molar-refractivity contribution in [2.24, 2.45) is 0 Å². The van der Waals surface area contributed by atoms with Crippen LogP contribution in [0.2, 0.25) is 0 Å². The normalized spacial score (nSPS) is 12.8. The zero-order chi connectivity index (χ0) is 9.52. The second-order valence-electron chi connectivity index (χ2n) is 3.33. The molecule has 0 radical (unpaired) electrons. The Labute approximate surface area is 80.4 Å². The van der Waals surface area contributed by atoms with Gasteiger partial charge in [-0.05, 0) is 25.5 Å². The summed E-state index contributed by atoms with van der Waals surface area (Å²) in [5.74, 6) is 0. The molecule has 0 amide bonds. The third-order valence-electron chi connectivity index (χ3n) is 2.21. The summed E-state index contributed by atoms with van der Waals surface area (Å²) in [6, 6.07) is 6.67. The molecule has 1 N–H and O–H groups in total. The lowest BCUT2D eigenvalue weighted by Crippen LogP contribution is -2.27. The first-order valence-electron chi connectivity index (χ1n) is 4.96. The molecule has 2 heteroatoms. The van der Waals surface area contributed by atoms with Crippen LogP contribution in [0.25, 0.3) is 0 Å². The number of aromatic nitrogens is 1. The van der Waals surface area contributed by atoms with Gasteiger partial charge in [0, 0.05) is 30.9 Å². The summed E-state index contributed by atoms with van der Waals surface area (Å²) < 4.78 is 0. The summed E-state index contributed by atoms with van der Waals surface area (Å²) in [7, 11) is 0. The third-order valence-corrected chi connectivity index (χ3v) is 2.21. The smallest absolute Gasteiger partial charge is 0.0416 e. The summed E-state index contributed by atoms with van der Waals surface area (Å²) in [4.78, 5) is 4.26. The quantitative estimate of drug-likeness (QED) is 0.746. The van der Waals surface area contributed by atoms with Crippen molar-refractivity contribution in [3.63, 3.8) is 0 Å². The maximum atomic E-state index is 4.26. The van der Waals surface area contributed by atoms with Gasteiger partial charge in [0.2, 0.25) is 0 Å². The highest BCUT2D eigenvalue weighted by Crippen LogP contribution is 1.94. The zero-order valence-electron chi connectivity index (χ0n) is 8.46. The minimum Gasteiger partial charge on any atom is -0.314 e. The molecule has 0 aliphatic carbocycles. The molecule has 0 saturated carbocycles. The molecular formula is C11H18N2. The fraction of sp³-hybridized carbons (Fsp3) is 0.545. The van der Waals surface area contributed by atoms with Crippen molar-refractivity contribution >= 4 is 0 Å². The van der Waals surface area contributed by atoms with Gasteiger partial charge in [-0.1, -0.05) is 13.0 Å². The first-order chi connectivity index (χ1) is 6.33. The van der Waals surface area contributed by atoms with E-state index in [1.54, 1.807) is 0 Å². The van der Waals surface area contributed by atoms with Gasteiger partial charge in [0.25, 0.3) is 0 Å². The Morgan fingerprint density at radius 3 is 2.92 bits per heavy atom. The predicted molar refractivity (Wildman–Crippen MR) is 55.7 cm³/mol. The lowest BCUT2D eigenvalue weighted by Gasteiger charge is -2.10. The Kier molecular flexibility index (Phi) is 4.47. The van der Waals surface area contributed by atoms with Crippen LogP contribution in [0.4, 0.5) is 0 Å². The molecule has 13 heavy (non-hydrogen) atoms. The van der Waals surface area contributed by atoms with E-state index in [-0.39, 0.29) is 0 Å². The minimum atomic E-state index is 0.615. The van der Waals surface area contributed by atoms with Crippen LogP contribution < -0.4 is 5.32 Å². The van der Waals surface area contributed by atoms with Gasteiger partial charge in [-0.2, -0.15) is 0 Å². The maximum absolute atomic E-state index is 4.26. The summed E-state index contributed by atoms with van der Waals surface area (Å²) in [6.45, 7) is 5.42. The molecule has 1 aromatic heterocycles. The van der Waals surface area contributed by atoms with Crippen LogP contribution in [0.5, 0.6) is 0 Å². The van der Waals surface area contributed by atoms with Crippen molar-refractivity contribution in [1.29, 1.82) is 0 Å². The average molecular weight is 178 g/mol. The number of hydrogen-bond acceptors (Lipinski definition) is 2. The molecule has 1 heterocycles. The highest BCUT2D eigenvalue weighted by Gasteiger charge is 1.97. The number of nitrogens with one attached hydrogen (secondary N) is 1. The van der Waals surface area contributed by atoms with Crippen LogP contribution in [-0.4, -0.2) is 17.6 Å². The maximum Gasteiger partial charge on any atom is 0.0416 e. The van der Waals surface area contributed by atoms with Crippen molar-refractivity contribution in [3.8, 4) is 0 Å². The average Bonchev–Trinajstić information content (AvgIpc) is 2.19. The largest absolute Gasteiger partial charge is 0.314 e. The van der Waals surface area contributed by atoms with Crippen LogP contribution in [-0.2, 0) is 6.42 Å². The second-order valence-corrected chi connectivity index (χ2v) is 3.33. The van der Waals surface area contributed by atoms with E-state index in [4.69, 9.17) is 0 Å². The van der Waals surface area contributed by atoms with E-state index in [0.29, 0.717) is 6.04 Å². The fourth-order valence-electron chi connectivity index (χ4n) is 1.14. The second kappa shape index (κ2) is 5.70. The third kappa shape index (κ3) is 4.04. The van der Waals surface area contributed by atoms with Gasteiger partial charge in [-0.25, -0.2) is 0 Å². The summed E-state index contributed by atoms with van der Waals surface area (Å²) in [5.41, 5.74) is 1.17. The van der Waals surface area contributed by atoms with E-state index in [1.807, 2.05) is 18.3 Å². The Morgan fingerprint density at radius 1 is 1.46 bits per heavy atom. The first kappa shape index (κ1) is 10.2. The van der Waals surface area contributed by atoms with Gasteiger partial charge >= 0.3 is 0 Å². The molecule has 1 atom stereocenters. The van der Waals surface area contributed by atoms with Crippen LogP contribution in [0.3, 0.4) is 0 Å². The van der Waals surface area contributed by atoms with E-state index < -0.39 is 0 Å². The summed E-state index contributed by atoms with van der Waals surface area (Å²) in [6.07, 6.45) is 4.05. The number of pyridine rings is 1. The van der Waals surface area contributed by atoms with Crippen molar-refractivity contribution in [2.75, 3.05) is 6.54 Å². The Morgan fingerprint density at radius 2 is 2.31 bits per heavy atom. The molecule has 2 nitrogen and oxygen atoms in total. The molecule has 0 aliphatic rings. The molecule has 1 rings (SSSR count). The van der Waals surface area contributed by atoms with Crippen molar-refractivity contribution in [2.45, 2.75) is 32.7 Å². The summed E-state index contributed by atoms with van der Waals surface area (Å²) in [5, 5.41) is 3.44. The monoisotopic (exact) mass is 178 g/mol. The van der Waals surface area contributed by atoms with E-state index in [2.05, 4.69) is 30.2 Å². The lowest BCUT2D eigenvalue weighted by molar-refractivity contribution is 0.535. The first-order valence-corrected chi connectivity index (χ1v) is 4.96. The number of hydrogen-bond donors (Lipinski definition) is 1. The minimum absolute atomic E-state index is 0.615.